The molecule has 3 aromatic carbocycles. The minimum absolute atomic E-state index is 0.124. The van der Waals surface area contributed by atoms with Crippen molar-refractivity contribution in [2.75, 3.05) is 4.90 Å². The van der Waals surface area contributed by atoms with Gasteiger partial charge in [-0.3, -0.25) is 0 Å². The smallest absolute Gasteiger partial charge is 0.0618 e. The van der Waals surface area contributed by atoms with Crippen molar-refractivity contribution in [3.8, 4) is 0 Å². The van der Waals surface area contributed by atoms with Crippen LogP contribution in [0.1, 0.15) is 37.5 Å². The van der Waals surface area contributed by atoms with Gasteiger partial charge in [0.2, 0.25) is 0 Å². The van der Waals surface area contributed by atoms with Gasteiger partial charge in [0.15, 0.2) is 0 Å². The summed E-state index contributed by atoms with van der Waals surface area (Å²) in [6, 6.07) is 21.1. The van der Waals surface area contributed by atoms with E-state index in [1.165, 1.54) is 22.4 Å². The molecule has 0 unspecified atom stereocenters. The molecule has 0 aliphatic heterocycles. The molecule has 3 rings (SSSR count). The van der Waals surface area contributed by atoms with Crippen molar-refractivity contribution in [2.45, 2.75) is 40.0 Å². The Bertz CT molecular complexity index is 935. The predicted molar refractivity (Wildman–Crippen MR) is 122 cm³/mol. The van der Waals surface area contributed by atoms with Crippen molar-refractivity contribution in [1.82, 2.24) is 0 Å². The standard InChI is InChI=1S/C24H25BrClN/c1-16-7-6-8-17(2)23(16)27(22-15-19(26)11-14-21(22)25)20-12-9-18(10-13-20)24(3,4)5/h6-15H,1-5H3. The SMILES string of the molecule is Cc1cccc(C)c1N(c1ccc(C(C)(C)C)cc1)c1cc(Cl)ccc1Br. The van der Waals surface area contributed by atoms with Crippen LogP contribution >= 0.6 is 27.5 Å². The van der Waals surface area contributed by atoms with Crippen LogP contribution in [-0.2, 0) is 5.41 Å². The summed E-state index contributed by atoms with van der Waals surface area (Å²) >= 11 is 10.1. The van der Waals surface area contributed by atoms with E-state index in [0.29, 0.717) is 0 Å². The van der Waals surface area contributed by atoms with Crippen LogP contribution in [0, 0.1) is 13.8 Å². The lowest BCUT2D eigenvalue weighted by Gasteiger charge is -2.30. The lowest BCUT2D eigenvalue weighted by Crippen LogP contribution is -2.15. The summed E-state index contributed by atoms with van der Waals surface area (Å²) in [7, 11) is 0. The van der Waals surface area contributed by atoms with Crippen LogP contribution in [0.5, 0.6) is 0 Å². The van der Waals surface area contributed by atoms with Crippen molar-refractivity contribution in [1.29, 1.82) is 0 Å². The first kappa shape index (κ1) is 20.0. The minimum Gasteiger partial charge on any atom is -0.309 e. The number of nitrogens with zero attached hydrogens (tertiary/aromatic N) is 1. The summed E-state index contributed by atoms with van der Waals surface area (Å²) in [5.74, 6) is 0. The number of para-hydroxylation sites is 1. The maximum Gasteiger partial charge on any atom is 0.0618 e. The van der Waals surface area contributed by atoms with Gasteiger partial charge in [-0.1, -0.05) is 62.7 Å². The molecule has 0 saturated carbocycles. The molecule has 0 N–H and O–H groups in total. The Balaban J connectivity index is 2.24. The van der Waals surface area contributed by atoms with E-state index in [1.807, 2.05) is 18.2 Å². The molecule has 1 nitrogen and oxygen atoms in total. The third kappa shape index (κ3) is 4.23. The van der Waals surface area contributed by atoms with Crippen molar-refractivity contribution < 1.29 is 0 Å². The number of hydrogen-bond acceptors (Lipinski definition) is 1. The summed E-state index contributed by atoms with van der Waals surface area (Å²) in [6.07, 6.45) is 0. The molecule has 0 fully saturated rings. The largest absolute Gasteiger partial charge is 0.309 e. The number of halogens is 2. The van der Waals surface area contributed by atoms with Gasteiger partial charge in [-0.25, -0.2) is 0 Å². The third-order valence-corrected chi connectivity index (χ3v) is 5.71. The van der Waals surface area contributed by atoms with E-state index < -0.39 is 0 Å². The Labute approximate surface area is 176 Å². The highest BCUT2D eigenvalue weighted by molar-refractivity contribution is 9.10. The van der Waals surface area contributed by atoms with Crippen molar-refractivity contribution in [3.63, 3.8) is 0 Å². The van der Waals surface area contributed by atoms with Gasteiger partial charge < -0.3 is 4.90 Å². The zero-order valence-corrected chi connectivity index (χ0v) is 18.8. The Morgan fingerprint density at radius 1 is 0.852 bits per heavy atom. The average Bonchev–Trinajstić information content (AvgIpc) is 2.60. The molecular formula is C24H25BrClN. The van der Waals surface area contributed by atoms with Crippen molar-refractivity contribution in [3.05, 3.63) is 86.8 Å². The average molecular weight is 443 g/mol. The highest BCUT2D eigenvalue weighted by Crippen LogP contribution is 2.43. The molecule has 0 heterocycles. The van der Waals surface area contributed by atoms with Crippen molar-refractivity contribution >= 4 is 44.6 Å². The highest BCUT2D eigenvalue weighted by atomic mass is 79.9. The molecule has 3 heteroatoms. The van der Waals surface area contributed by atoms with E-state index in [9.17, 15) is 0 Å². The molecule has 0 atom stereocenters. The number of hydrogen-bond donors (Lipinski definition) is 0. The van der Waals surface area contributed by atoms with E-state index in [-0.39, 0.29) is 5.41 Å². The zero-order chi connectivity index (χ0) is 19.8. The maximum atomic E-state index is 6.35. The quantitative estimate of drug-likeness (QED) is 0.393. The van der Waals surface area contributed by atoms with Gasteiger partial charge in [0, 0.05) is 15.2 Å². The monoisotopic (exact) mass is 441 g/mol. The van der Waals surface area contributed by atoms with E-state index in [1.54, 1.807) is 0 Å². The lowest BCUT2D eigenvalue weighted by atomic mass is 9.87. The number of aryl methyl sites for hydroxylation is 2. The summed E-state index contributed by atoms with van der Waals surface area (Å²) in [5.41, 5.74) is 7.22. The first-order valence-corrected chi connectivity index (χ1v) is 10.3. The number of benzene rings is 3. The minimum atomic E-state index is 0.124. The molecule has 140 valence electrons. The Morgan fingerprint density at radius 3 is 2.00 bits per heavy atom. The lowest BCUT2D eigenvalue weighted by molar-refractivity contribution is 0.590. The Hall–Kier alpha value is -1.77. The van der Waals surface area contributed by atoms with Crippen LogP contribution in [0.4, 0.5) is 17.1 Å². The highest BCUT2D eigenvalue weighted by Gasteiger charge is 2.20. The first-order valence-electron chi connectivity index (χ1n) is 9.10. The summed E-state index contributed by atoms with van der Waals surface area (Å²) in [6.45, 7) is 11.0. The fraction of sp³-hybridized carbons (Fsp3) is 0.250. The van der Waals surface area contributed by atoms with E-state index in [4.69, 9.17) is 11.6 Å². The number of anilines is 3. The van der Waals surface area contributed by atoms with E-state index in [2.05, 4.69) is 97.9 Å². The fourth-order valence-corrected chi connectivity index (χ4v) is 3.90. The second kappa shape index (κ2) is 7.69. The Kier molecular flexibility index (Phi) is 5.69. The molecule has 0 aliphatic carbocycles. The summed E-state index contributed by atoms with van der Waals surface area (Å²) in [5, 5.41) is 0.718. The van der Waals surface area contributed by atoms with Crippen LogP contribution in [0.25, 0.3) is 0 Å². The Morgan fingerprint density at radius 2 is 1.44 bits per heavy atom. The van der Waals surface area contributed by atoms with Gasteiger partial charge in [0.25, 0.3) is 0 Å². The summed E-state index contributed by atoms with van der Waals surface area (Å²) in [4.78, 5) is 2.28. The maximum absolute atomic E-state index is 6.35. The molecule has 0 aromatic heterocycles. The molecule has 0 radical (unpaired) electrons. The second-order valence-corrected chi connectivity index (χ2v) is 9.26. The van der Waals surface area contributed by atoms with Crippen LogP contribution in [0.3, 0.4) is 0 Å². The molecular weight excluding hydrogens is 418 g/mol. The predicted octanol–water partition coefficient (Wildman–Crippen LogP) is 8.49. The van der Waals surface area contributed by atoms with Crippen LogP contribution < -0.4 is 4.90 Å². The fourth-order valence-electron chi connectivity index (χ4n) is 3.31. The molecule has 0 amide bonds. The third-order valence-electron chi connectivity index (χ3n) is 4.80. The molecule has 0 spiro atoms. The molecule has 0 bridgehead atoms. The van der Waals surface area contributed by atoms with Gasteiger partial charge in [-0.15, -0.1) is 0 Å². The van der Waals surface area contributed by atoms with Gasteiger partial charge in [-0.2, -0.15) is 0 Å². The van der Waals surface area contributed by atoms with Crippen LogP contribution in [0.2, 0.25) is 5.02 Å². The zero-order valence-electron chi connectivity index (χ0n) is 16.5. The second-order valence-electron chi connectivity index (χ2n) is 7.97. The van der Waals surface area contributed by atoms with Gasteiger partial charge in [-0.05, 0) is 82.2 Å². The van der Waals surface area contributed by atoms with Crippen LogP contribution in [-0.4, -0.2) is 0 Å². The number of rotatable bonds is 3. The van der Waals surface area contributed by atoms with Gasteiger partial charge >= 0.3 is 0 Å². The topological polar surface area (TPSA) is 3.24 Å². The van der Waals surface area contributed by atoms with Gasteiger partial charge in [0.05, 0.1) is 11.4 Å². The van der Waals surface area contributed by atoms with E-state index >= 15 is 0 Å². The molecule has 0 aliphatic rings. The normalized spacial score (nSPS) is 11.5. The molecule has 27 heavy (non-hydrogen) atoms. The molecule has 3 aromatic rings. The van der Waals surface area contributed by atoms with E-state index in [0.717, 1.165) is 20.9 Å². The first-order chi connectivity index (χ1) is 12.7. The molecule has 0 saturated heterocycles. The van der Waals surface area contributed by atoms with Crippen LogP contribution in [0.15, 0.2) is 65.1 Å². The van der Waals surface area contributed by atoms with Crippen molar-refractivity contribution in [2.24, 2.45) is 0 Å². The summed E-state index contributed by atoms with van der Waals surface area (Å²) < 4.78 is 1.01. The van der Waals surface area contributed by atoms with Gasteiger partial charge in [0.1, 0.15) is 0 Å².